The van der Waals surface area contributed by atoms with Gasteiger partial charge in [-0.15, -0.1) is 0 Å². The second kappa shape index (κ2) is 5.64. The summed E-state index contributed by atoms with van der Waals surface area (Å²) in [5, 5.41) is 0.922. The van der Waals surface area contributed by atoms with Crippen LogP contribution >= 0.6 is 11.5 Å². The Hall–Kier alpha value is -1.86. The first kappa shape index (κ1) is 13.1. The monoisotopic (exact) mass is 290 g/mol. The lowest BCUT2D eigenvalue weighted by Crippen LogP contribution is -2.45. The molecule has 0 radical (unpaired) electrons. The van der Waals surface area contributed by atoms with Gasteiger partial charge in [0.1, 0.15) is 0 Å². The van der Waals surface area contributed by atoms with Crippen molar-refractivity contribution in [3.05, 3.63) is 29.8 Å². The molecule has 0 atom stereocenters. The topological polar surface area (TPSA) is 84.3 Å². The van der Waals surface area contributed by atoms with Crippen LogP contribution in [0.15, 0.2) is 24.3 Å². The molecule has 1 aromatic carbocycles. The Labute approximate surface area is 122 Å². The average molecular weight is 290 g/mol. The Morgan fingerprint density at radius 3 is 2.60 bits per heavy atom. The molecular formula is C13H18N6S. The summed E-state index contributed by atoms with van der Waals surface area (Å²) in [4.78, 5) is 8.90. The van der Waals surface area contributed by atoms with E-state index in [2.05, 4.69) is 25.2 Å². The number of benzene rings is 1. The third-order valence-corrected chi connectivity index (χ3v) is 4.22. The molecule has 20 heavy (non-hydrogen) atoms. The lowest BCUT2D eigenvalue weighted by Gasteiger charge is -2.34. The van der Waals surface area contributed by atoms with Gasteiger partial charge in [0.05, 0.1) is 0 Å². The highest BCUT2D eigenvalue weighted by atomic mass is 32.1. The number of anilines is 3. The molecule has 7 heteroatoms. The van der Waals surface area contributed by atoms with E-state index in [1.165, 1.54) is 17.1 Å². The lowest BCUT2D eigenvalue weighted by atomic mass is 10.2. The van der Waals surface area contributed by atoms with E-state index in [0.29, 0.717) is 5.95 Å². The van der Waals surface area contributed by atoms with Crippen LogP contribution < -0.4 is 16.4 Å². The normalized spacial score (nSPS) is 16.5. The molecule has 1 aromatic heterocycles. The van der Waals surface area contributed by atoms with Crippen LogP contribution in [0.5, 0.6) is 0 Å². The van der Waals surface area contributed by atoms with Crippen LogP contribution in [-0.2, 0) is 6.54 Å². The zero-order chi connectivity index (χ0) is 13.9. The van der Waals surface area contributed by atoms with Gasteiger partial charge in [-0.2, -0.15) is 9.36 Å². The molecule has 2 heterocycles. The number of nitrogens with zero attached hydrogens (tertiary/aromatic N) is 4. The van der Waals surface area contributed by atoms with Crippen molar-refractivity contribution in [2.45, 2.75) is 6.54 Å². The first-order chi connectivity index (χ1) is 9.70. The van der Waals surface area contributed by atoms with Gasteiger partial charge in [-0.1, -0.05) is 12.1 Å². The van der Waals surface area contributed by atoms with Gasteiger partial charge in [0, 0.05) is 49.9 Å². The summed E-state index contributed by atoms with van der Waals surface area (Å²) in [6, 6.07) is 8.08. The van der Waals surface area contributed by atoms with Crippen molar-refractivity contribution < 1.29 is 0 Å². The summed E-state index contributed by atoms with van der Waals surface area (Å²) < 4.78 is 4.03. The molecule has 0 saturated carbocycles. The summed E-state index contributed by atoms with van der Waals surface area (Å²) in [5.74, 6) is 0.368. The summed E-state index contributed by atoms with van der Waals surface area (Å²) in [6.45, 7) is 4.87. The molecule has 6 nitrogen and oxygen atoms in total. The van der Waals surface area contributed by atoms with Gasteiger partial charge in [0.2, 0.25) is 11.1 Å². The molecule has 3 rings (SSSR count). The molecule has 1 aliphatic rings. The summed E-state index contributed by atoms with van der Waals surface area (Å²) >= 11 is 1.37. The Kier molecular flexibility index (Phi) is 3.70. The zero-order valence-electron chi connectivity index (χ0n) is 11.2. The van der Waals surface area contributed by atoms with E-state index in [1.807, 2.05) is 18.2 Å². The lowest BCUT2D eigenvalue weighted by molar-refractivity contribution is 0.250. The molecule has 0 bridgehead atoms. The number of nitrogen functional groups attached to an aromatic ring is 2. The highest BCUT2D eigenvalue weighted by Crippen LogP contribution is 2.20. The third-order valence-electron chi connectivity index (χ3n) is 3.43. The van der Waals surface area contributed by atoms with Crippen molar-refractivity contribution in [3.8, 4) is 0 Å². The highest BCUT2D eigenvalue weighted by molar-refractivity contribution is 7.09. The fraction of sp³-hybridized carbons (Fsp3) is 0.385. The van der Waals surface area contributed by atoms with Gasteiger partial charge in [-0.05, 0) is 17.7 Å². The van der Waals surface area contributed by atoms with E-state index in [1.54, 1.807) is 0 Å². The van der Waals surface area contributed by atoms with Crippen molar-refractivity contribution in [2.75, 3.05) is 42.5 Å². The van der Waals surface area contributed by atoms with Gasteiger partial charge >= 0.3 is 0 Å². The molecule has 4 N–H and O–H groups in total. The number of piperazine rings is 1. The van der Waals surface area contributed by atoms with Crippen LogP contribution in [0.4, 0.5) is 16.8 Å². The maximum Gasteiger partial charge on any atom is 0.233 e. The molecule has 1 aliphatic heterocycles. The fourth-order valence-corrected chi connectivity index (χ4v) is 3.05. The van der Waals surface area contributed by atoms with Gasteiger partial charge in [-0.3, -0.25) is 4.90 Å². The molecule has 0 aliphatic carbocycles. The summed E-state index contributed by atoms with van der Waals surface area (Å²) in [5.41, 5.74) is 13.5. The van der Waals surface area contributed by atoms with E-state index in [-0.39, 0.29) is 0 Å². The standard InChI is InChI=1S/C13H18N6S/c14-11-3-1-2-10(8-11)9-18-4-6-19(7-5-18)13-16-12(15)17-20-13/h1-3,8H,4-7,9,14H2,(H2,15,17). The van der Waals surface area contributed by atoms with E-state index in [4.69, 9.17) is 11.5 Å². The molecule has 1 saturated heterocycles. The second-order valence-corrected chi connectivity index (χ2v) is 5.67. The van der Waals surface area contributed by atoms with E-state index >= 15 is 0 Å². The smallest absolute Gasteiger partial charge is 0.233 e. The van der Waals surface area contributed by atoms with Crippen LogP contribution in [0.1, 0.15) is 5.56 Å². The Balaban J connectivity index is 1.56. The minimum Gasteiger partial charge on any atom is -0.399 e. The van der Waals surface area contributed by atoms with Crippen LogP contribution in [0.3, 0.4) is 0 Å². The van der Waals surface area contributed by atoms with Gasteiger partial charge in [-0.25, -0.2) is 0 Å². The van der Waals surface area contributed by atoms with Crippen molar-refractivity contribution in [3.63, 3.8) is 0 Å². The number of rotatable bonds is 3. The number of nitrogens with two attached hydrogens (primary N) is 2. The quantitative estimate of drug-likeness (QED) is 0.821. The fourth-order valence-electron chi connectivity index (χ4n) is 2.40. The van der Waals surface area contributed by atoms with E-state index in [0.717, 1.165) is 43.5 Å². The van der Waals surface area contributed by atoms with Crippen molar-refractivity contribution in [1.29, 1.82) is 0 Å². The summed E-state index contributed by atoms with van der Waals surface area (Å²) in [7, 11) is 0. The average Bonchev–Trinajstić information content (AvgIpc) is 2.86. The number of hydrogen-bond donors (Lipinski definition) is 2. The SMILES string of the molecule is Nc1cccc(CN2CCN(c3nc(N)ns3)CC2)c1. The Morgan fingerprint density at radius 1 is 1.15 bits per heavy atom. The molecule has 1 fully saturated rings. The molecule has 106 valence electrons. The van der Waals surface area contributed by atoms with Gasteiger partial charge in [0.25, 0.3) is 0 Å². The first-order valence-electron chi connectivity index (χ1n) is 6.61. The van der Waals surface area contributed by atoms with Crippen molar-refractivity contribution >= 4 is 28.3 Å². The summed E-state index contributed by atoms with van der Waals surface area (Å²) in [6.07, 6.45) is 0. The Bertz CT molecular complexity index is 576. The predicted molar refractivity (Wildman–Crippen MR) is 82.7 cm³/mol. The molecule has 2 aromatic rings. The van der Waals surface area contributed by atoms with E-state index < -0.39 is 0 Å². The minimum absolute atomic E-state index is 0.368. The number of hydrogen-bond acceptors (Lipinski definition) is 7. The third kappa shape index (κ3) is 3.00. The number of aromatic nitrogens is 2. The van der Waals surface area contributed by atoms with Gasteiger partial charge in [0.15, 0.2) is 0 Å². The highest BCUT2D eigenvalue weighted by Gasteiger charge is 2.19. The molecule has 0 amide bonds. The maximum atomic E-state index is 5.81. The molecular weight excluding hydrogens is 272 g/mol. The largest absolute Gasteiger partial charge is 0.399 e. The zero-order valence-corrected chi connectivity index (χ0v) is 12.0. The molecule has 0 unspecified atom stereocenters. The second-order valence-electron chi connectivity index (χ2n) is 4.94. The first-order valence-corrected chi connectivity index (χ1v) is 7.39. The predicted octanol–water partition coefficient (Wildman–Crippen LogP) is 1.02. The van der Waals surface area contributed by atoms with Crippen LogP contribution in [0, 0.1) is 0 Å². The van der Waals surface area contributed by atoms with Crippen LogP contribution in [0.25, 0.3) is 0 Å². The van der Waals surface area contributed by atoms with Crippen molar-refractivity contribution in [1.82, 2.24) is 14.3 Å². The van der Waals surface area contributed by atoms with Gasteiger partial charge < -0.3 is 16.4 Å². The minimum atomic E-state index is 0.368. The van der Waals surface area contributed by atoms with Crippen LogP contribution in [0.2, 0.25) is 0 Å². The van der Waals surface area contributed by atoms with Crippen molar-refractivity contribution in [2.24, 2.45) is 0 Å². The Morgan fingerprint density at radius 2 is 1.95 bits per heavy atom. The maximum absolute atomic E-state index is 5.81. The van der Waals surface area contributed by atoms with E-state index in [9.17, 15) is 0 Å². The molecule has 0 spiro atoms. The van der Waals surface area contributed by atoms with Crippen LogP contribution in [-0.4, -0.2) is 40.4 Å².